The van der Waals surface area contributed by atoms with Crippen molar-refractivity contribution in [2.45, 2.75) is 76.5 Å². The molecule has 3 aromatic rings. The summed E-state index contributed by atoms with van der Waals surface area (Å²) < 4.78 is 11.4. The fourth-order valence-corrected chi connectivity index (χ4v) is 10.00. The van der Waals surface area contributed by atoms with Crippen LogP contribution in [0.25, 0.3) is 0 Å². The number of ether oxygens (including phenoxy) is 2. The number of hydrogen-bond donors (Lipinski definition) is 5. The minimum atomic E-state index is -0.689. The molecule has 6 aliphatic heterocycles. The molecule has 5 fully saturated rings. The highest BCUT2D eigenvalue weighted by atomic mass is 16.5. The van der Waals surface area contributed by atoms with Gasteiger partial charge in [0.15, 0.2) is 17.3 Å². The van der Waals surface area contributed by atoms with Crippen molar-refractivity contribution < 1.29 is 33.4 Å². The van der Waals surface area contributed by atoms with Gasteiger partial charge in [-0.05, 0) is 62.8 Å². The zero-order valence-corrected chi connectivity index (χ0v) is 35.3. The van der Waals surface area contributed by atoms with Crippen molar-refractivity contribution in [3.05, 3.63) is 58.9 Å². The lowest BCUT2D eigenvalue weighted by atomic mass is 9.71. The molecule has 7 heterocycles. The number of anilines is 5. The molecule has 1 unspecified atom stereocenters. The lowest BCUT2D eigenvalue weighted by Gasteiger charge is -2.62. The molecule has 0 radical (unpaired) electrons. The first-order valence-electron chi connectivity index (χ1n) is 21.8. The Kier molecular flexibility index (Phi) is 11.4. The molecule has 1 spiro atoms. The third-order valence-electron chi connectivity index (χ3n) is 13.4. The molecule has 1 aromatic heterocycles. The van der Waals surface area contributed by atoms with Gasteiger partial charge >= 0.3 is 0 Å². The Morgan fingerprint density at radius 1 is 0.984 bits per heavy atom. The summed E-state index contributed by atoms with van der Waals surface area (Å²) in [7, 11) is 1.66. The zero-order valence-electron chi connectivity index (χ0n) is 35.3. The molecular formula is C44H55N11O7. The van der Waals surface area contributed by atoms with Gasteiger partial charge in [-0.1, -0.05) is 13.0 Å². The minimum absolute atomic E-state index is 0.0180. The Hall–Kier alpha value is -6.01. The third kappa shape index (κ3) is 8.08. The van der Waals surface area contributed by atoms with Gasteiger partial charge in [0, 0.05) is 112 Å². The lowest BCUT2D eigenvalue weighted by Crippen LogP contribution is -2.74. The molecule has 2 aromatic carbocycles. The van der Waals surface area contributed by atoms with Gasteiger partial charge in [-0.15, -0.1) is 0 Å². The number of rotatable bonds is 13. The number of piperidine rings is 2. The normalized spacial score (nSPS) is 21.5. The van der Waals surface area contributed by atoms with Crippen LogP contribution in [-0.4, -0.2) is 138 Å². The molecule has 9 rings (SSSR count). The molecule has 6 aliphatic rings. The van der Waals surface area contributed by atoms with Crippen LogP contribution in [0, 0.1) is 5.41 Å². The molecule has 18 heteroatoms. The Bertz CT molecular complexity index is 2260. The second-order valence-corrected chi connectivity index (χ2v) is 17.4. The molecule has 0 bridgehead atoms. The highest BCUT2D eigenvalue weighted by molar-refractivity contribution is 6.06. The van der Waals surface area contributed by atoms with Gasteiger partial charge in [0.05, 0.1) is 25.0 Å². The van der Waals surface area contributed by atoms with E-state index in [-0.39, 0.29) is 54.4 Å². The van der Waals surface area contributed by atoms with Gasteiger partial charge in [0.1, 0.15) is 11.8 Å². The van der Waals surface area contributed by atoms with Crippen molar-refractivity contribution in [1.29, 1.82) is 0 Å². The fourth-order valence-electron chi connectivity index (χ4n) is 10.00. The van der Waals surface area contributed by atoms with Crippen molar-refractivity contribution in [3.63, 3.8) is 0 Å². The number of carbonyl (C=O) groups is 5. The maximum atomic E-state index is 13.3. The summed E-state index contributed by atoms with van der Waals surface area (Å²) in [4.78, 5) is 80.9. The van der Waals surface area contributed by atoms with Crippen LogP contribution < -0.4 is 36.6 Å². The number of primary amides is 1. The van der Waals surface area contributed by atoms with E-state index >= 15 is 0 Å². The van der Waals surface area contributed by atoms with E-state index in [2.05, 4.69) is 36.1 Å². The quantitative estimate of drug-likeness (QED) is 0.156. The van der Waals surface area contributed by atoms with E-state index in [0.29, 0.717) is 72.1 Å². The summed E-state index contributed by atoms with van der Waals surface area (Å²) in [5.74, 6) is -0.00473. The number of benzene rings is 2. The summed E-state index contributed by atoms with van der Waals surface area (Å²) >= 11 is 0. The van der Waals surface area contributed by atoms with Crippen molar-refractivity contribution >= 4 is 58.2 Å². The Morgan fingerprint density at radius 2 is 1.76 bits per heavy atom. The number of nitrogens with one attached hydrogen (secondary N) is 4. The van der Waals surface area contributed by atoms with E-state index in [1.165, 1.54) is 4.90 Å². The van der Waals surface area contributed by atoms with E-state index in [0.717, 1.165) is 76.2 Å². The smallest absolute Gasteiger partial charge is 0.271 e. The molecule has 62 heavy (non-hydrogen) atoms. The molecule has 5 amide bonds. The number of amides is 5. The number of fused-ring (bicyclic) bond motifs is 1. The zero-order chi connectivity index (χ0) is 43.1. The van der Waals surface area contributed by atoms with Gasteiger partial charge in [-0.25, -0.2) is 9.97 Å². The highest BCUT2D eigenvalue weighted by Crippen LogP contribution is 2.43. The highest BCUT2D eigenvalue weighted by Gasteiger charge is 2.54. The van der Waals surface area contributed by atoms with Crippen LogP contribution in [0.1, 0.15) is 77.6 Å². The third-order valence-corrected chi connectivity index (χ3v) is 13.4. The molecular weight excluding hydrogens is 795 g/mol. The average molecular weight is 850 g/mol. The minimum Gasteiger partial charge on any atom is -0.495 e. The van der Waals surface area contributed by atoms with Crippen molar-refractivity contribution in [2.24, 2.45) is 11.1 Å². The Labute approximate surface area is 360 Å². The molecule has 6 N–H and O–H groups in total. The molecule has 0 aliphatic carbocycles. The number of nitrogens with two attached hydrogens (primary N) is 1. The first-order valence-corrected chi connectivity index (χ1v) is 21.8. The molecule has 5 saturated heterocycles. The largest absolute Gasteiger partial charge is 0.495 e. The maximum Gasteiger partial charge on any atom is 0.271 e. The van der Waals surface area contributed by atoms with Crippen LogP contribution in [0.3, 0.4) is 0 Å². The fraction of sp³-hybridized carbons (Fsp3) is 0.523. The van der Waals surface area contributed by atoms with Crippen molar-refractivity contribution in [1.82, 2.24) is 30.0 Å². The summed E-state index contributed by atoms with van der Waals surface area (Å²) in [5, 5.41) is 12.4. The van der Waals surface area contributed by atoms with Gasteiger partial charge in [-0.2, -0.15) is 0 Å². The van der Waals surface area contributed by atoms with Crippen LogP contribution in [-0.2, 0) is 32.1 Å². The Morgan fingerprint density at radius 3 is 2.47 bits per heavy atom. The molecule has 0 saturated carbocycles. The van der Waals surface area contributed by atoms with Crippen LogP contribution in [0.15, 0.2) is 36.4 Å². The first kappa shape index (κ1) is 41.3. The van der Waals surface area contributed by atoms with Crippen molar-refractivity contribution in [2.75, 3.05) is 87.0 Å². The van der Waals surface area contributed by atoms with Gasteiger partial charge < -0.3 is 45.9 Å². The Balaban J connectivity index is 0.749. The number of aromatic nitrogens is 2. The van der Waals surface area contributed by atoms with Crippen LogP contribution in [0.5, 0.6) is 5.75 Å². The van der Waals surface area contributed by atoms with E-state index in [1.807, 2.05) is 36.1 Å². The summed E-state index contributed by atoms with van der Waals surface area (Å²) in [6.07, 6.45) is 4.85. The standard InChI is InChI=1S/C44H55N11O7/c1-3-31-40(47-26-13-17-62-18-14-26)51-41(38(49-31)39(45)58)48-27-7-8-33(35(19-27)61-2)52-15-11-28(12-16-52)53-22-44(23-53)24-54(25-44)37(57)20-46-32-6-4-5-29-30(32)21-55(43(29)60)34-9-10-36(56)50-42(34)59/h4-8,19,26,28,34,46H,3,9-18,20-25H2,1-2H3,(H2,45,58)(H2,47,48,51)(H,50,56,59). The van der Waals surface area contributed by atoms with Crippen molar-refractivity contribution in [3.8, 4) is 5.75 Å². The van der Waals surface area contributed by atoms with Crippen LogP contribution in [0.2, 0.25) is 0 Å². The topological polar surface area (TPSA) is 217 Å². The number of imide groups is 1. The average Bonchev–Trinajstić information content (AvgIpc) is 3.58. The second kappa shape index (κ2) is 17.0. The SMILES string of the molecule is CCc1nc(C(N)=O)c(Nc2ccc(N3CCC(N4CC5(CN(C(=O)CNc6cccc7c6CN(C6CCC(=O)NC6=O)C7=O)C5)C4)CC3)c(OC)c2)nc1NC1CCOCC1. The maximum absolute atomic E-state index is 13.3. The number of hydrogen-bond acceptors (Lipinski definition) is 14. The monoisotopic (exact) mass is 849 g/mol. The van der Waals surface area contributed by atoms with Gasteiger partial charge in [0.2, 0.25) is 17.7 Å². The summed E-state index contributed by atoms with van der Waals surface area (Å²) in [6, 6.07) is 11.3. The number of nitrogens with zero attached hydrogens (tertiary/aromatic N) is 6. The predicted octanol–water partition coefficient (Wildman–Crippen LogP) is 2.47. The molecule has 18 nitrogen and oxygen atoms in total. The van der Waals surface area contributed by atoms with Crippen LogP contribution in [0.4, 0.5) is 28.7 Å². The molecule has 328 valence electrons. The van der Waals surface area contributed by atoms with E-state index in [4.69, 9.17) is 20.2 Å². The van der Waals surface area contributed by atoms with Gasteiger partial charge in [0.25, 0.3) is 11.8 Å². The first-order chi connectivity index (χ1) is 30.0. The number of carbonyl (C=O) groups excluding carboxylic acids is 5. The molecule has 1 atom stereocenters. The van der Waals surface area contributed by atoms with E-state index in [1.54, 1.807) is 19.2 Å². The van der Waals surface area contributed by atoms with Crippen LogP contribution >= 0.6 is 0 Å². The summed E-state index contributed by atoms with van der Waals surface area (Å²) in [6.45, 7) is 8.89. The number of aryl methyl sites for hydroxylation is 1. The van der Waals surface area contributed by atoms with Gasteiger partial charge in [-0.3, -0.25) is 34.2 Å². The predicted molar refractivity (Wildman–Crippen MR) is 230 cm³/mol. The van der Waals surface area contributed by atoms with E-state index < -0.39 is 17.9 Å². The number of likely N-dealkylation sites (tertiary alicyclic amines) is 2. The lowest BCUT2D eigenvalue weighted by molar-refractivity contribution is -0.162. The second-order valence-electron chi connectivity index (χ2n) is 17.4. The number of methoxy groups -OCH3 is 1. The van der Waals surface area contributed by atoms with E-state index in [9.17, 15) is 24.0 Å². The summed E-state index contributed by atoms with van der Waals surface area (Å²) in [5.41, 5.74) is 10.4.